The molecular weight excluding hydrogens is 282 g/mol. The van der Waals surface area contributed by atoms with Crippen LogP contribution in [0.2, 0.25) is 0 Å². The Morgan fingerprint density at radius 1 is 0.933 bits per heavy atom. The minimum absolute atomic E-state index is 0. The first-order valence-electron chi connectivity index (χ1n) is 3.17. The molecule has 0 aromatic rings. The summed E-state index contributed by atoms with van der Waals surface area (Å²) >= 11 is 0. The first-order chi connectivity index (χ1) is 5.78. The molecule has 4 N–H and O–H groups in total. The van der Waals surface area contributed by atoms with Crippen molar-refractivity contribution in [1.82, 2.24) is 0 Å². The number of hydrogen-bond donors (Lipinski definition) is 4. The summed E-state index contributed by atoms with van der Waals surface area (Å²) in [6.45, 7) is 0. The van der Waals surface area contributed by atoms with Gasteiger partial charge in [0.15, 0.2) is 5.60 Å². The number of hydrogen-bond acceptors (Lipinski definition) is 4. The van der Waals surface area contributed by atoms with Gasteiger partial charge in [0.05, 0.1) is 12.8 Å². The Bertz CT molecular complexity index is 238. The molecule has 0 heterocycles. The molecule has 0 aromatic carbocycles. The van der Waals surface area contributed by atoms with Crippen LogP contribution in [-0.4, -0.2) is 95.3 Å². The first kappa shape index (κ1) is 20.9. The molecule has 0 unspecified atom stereocenters. The van der Waals surface area contributed by atoms with Crippen LogP contribution in [-0.2, 0) is 31.2 Å². The van der Waals surface area contributed by atoms with Crippen molar-refractivity contribution in [3.8, 4) is 0 Å². The molecule has 0 aliphatic heterocycles. The smallest absolute Gasteiger partial charge is 0.336 e. The molecule has 15 heavy (non-hydrogen) atoms. The van der Waals surface area contributed by atoms with Gasteiger partial charge in [-0.15, -0.1) is 0 Å². The third-order valence-corrected chi connectivity index (χ3v) is 1.29. The molecule has 0 saturated heterocycles. The van der Waals surface area contributed by atoms with Gasteiger partial charge in [-0.2, -0.15) is 0 Å². The van der Waals surface area contributed by atoms with Gasteiger partial charge in [-0.3, -0.25) is 9.59 Å². The Balaban J connectivity index is -0.000000720. The predicted octanol–water partition coefficient (Wildman–Crippen LogP) is -1.63. The standard InChI is InChI=1S/C6H8O7.Co.K/c7-3(8)1-6(13,5(11)12)2-4(9)10;;/h13H,1-2H2,(H,7,8)(H,9,10)(H,11,12);;. The van der Waals surface area contributed by atoms with E-state index in [1.807, 2.05) is 0 Å². The molecule has 0 aliphatic rings. The number of carboxylic acids is 3. The average molecular weight is 290 g/mol. The van der Waals surface area contributed by atoms with E-state index in [1.54, 1.807) is 0 Å². The van der Waals surface area contributed by atoms with Crippen molar-refractivity contribution in [2.75, 3.05) is 0 Å². The van der Waals surface area contributed by atoms with Gasteiger partial charge in [0, 0.05) is 68.2 Å². The van der Waals surface area contributed by atoms with Crippen LogP contribution in [0, 0.1) is 0 Å². The van der Waals surface area contributed by atoms with Crippen LogP contribution >= 0.6 is 0 Å². The molecule has 84 valence electrons. The van der Waals surface area contributed by atoms with Crippen LogP contribution in [0.25, 0.3) is 0 Å². The topological polar surface area (TPSA) is 132 Å². The van der Waals surface area contributed by atoms with Crippen molar-refractivity contribution >= 4 is 69.3 Å². The summed E-state index contributed by atoms with van der Waals surface area (Å²) in [5.74, 6) is -5.02. The van der Waals surface area contributed by atoms with Crippen molar-refractivity contribution in [3.63, 3.8) is 0 Å². The second kappa shape index (κ2) is 8.64. The minimum Gasteiger partial charge on any atom is -0.481 e. The summed E-state index contributed by atoms with van der Waals surface area (Å²) in [7, 11) is 0. The van der Waals surface area contributed by atoms with Gasteiger partial charge in [0.2, 0.25) is 0 Å². The van der Waals surface area contributed by atoms with E-state index >= 15 is 0 Å². The van der Waals surface area contributed by atoms with Gasteiger partial charge in [-0.05, 0) is 0 Å². The number of rotatable bonds is 5. The van der Waals surface area contributed by atoms with Crippen LogP contribution in [0.4, 0.5) is 0 Å². The Labute approximate surface area is 137 Å². The van der Waals surface area contributed by atoms with Crippen LogP contribution in [0.3, 0.4) is 0 Å². The van der Waals surface area contributed by atoms with Crippen LogP contribution in [0.1, 0.15) is 12.8 Å². The summed E-state index contributed by atoms with van der Waals surface area (Å²) in [6, 6.07) is 0. The van der Waals surface area contributed by atoms with Gasteiger partial charge in [-0.1, -0.05) is 0 Å². The molecule has 0 atom stereocenters. The summed E-state index contributed by atoms with van der Waals surface area (Å²) in [5.41, 5.74) is -2.74. The van der Waals surface area contributed by atoms with E-state index in [9.17, 15) is 14.4 Å². The fourth-order valence-electron chi connectivity index (χ4n) is 0.714. The van der Waals surface area contributed by atoms with E-state index in [0.717, 1.165) is 0 Å². The van der Waals surface area contributed by atoms with Crippen LogP contribution in [0.15, 0.2) is 0 Å². The van der Waals surface area contributed by atoms with Gasteiger partial charge in [0.1, 0.15) is 0 Å². The fourth-order valence-corrected chi connectivity index (χ4v) is 0.714. The number of carbonyl (C=O) groups is 3. The number of aliphatic carboxylic acids is 3. The van der Waals surface area contributed by atoms with Gasteiger partial charge in [0.25, 0.3) is 0 Å². The van der Waals surface area contributed by atoms with Gasteiger partial charge < -0.3 is 20.4 Å². The number of aliphatic hydroxyl groups is 1. The maximum Gasteiger partial charge on any atom is 0.336 e. The second-order valence-electron chi connectivity index (χ2n) is 2.48. The van der Waals surface area contributed by atoms with E-state index in [-0.39, 0.29) is 68.2 Å². The third-order valence-electron chi connectivity index (χ3n) is 1.29. The Morgan fingerprint density at radius 3 is 1.33 bits per heavy atom. The SMILES string of the molecule is O=C(O)CC(O)(CC(=O)O)C(=O)O.[Co].[K]. The first-order valence-corrected chi connectivity index (χ1v) is 3.17. The molecule has 0 spiro atoms. The fraction of sp³-hybridized carbons (Fsp3) is 0.500. The predicted molar refractivity (Wildman–Crippen MR) is 42.8 cm³/mol. The van der Waals surface area contributed by atoms with Gasteiger partial charge in [-0.25, -0.2) is 4.79 Å². The van der Waals surface area contributed by atoms with E-state index in [0.29, 0.717) is 0 Å². The Kier molecular flexibility index (Phi) is 12.0. The van der Waals surface area contributed by atoms with Crippen molar-refractivity contribution in [1.29, 1.82) is 0 Å². The zero-order valence-electron chi connectivity index (χ0n) is 7.76. The largest absolute Gasteiger partial charge is 0.481 e. The van der Waals surface area contributed by atoms with E-state index in [2.05, 4.69) is 0 Å². The van der Waals surface area contributed by atoms with E-state index in [4.69, 9.17) is 20.4 Å². The Hall–Kier alpha value is 0.513. The molecule has 0 fully saturated rings. The molecule has 7 nitrogen and oxygen atoms in total. The van der Waals surface area contributed by atoms with Crippen molar-refractivity contribution in [3.05, 3.63) is 0 Å². The number of carboxylic acid groups (broad SMARTS) is 3. The molecule has 9 heteroatoms. The third kappa shape index (κ3) is 8.33. The average Bonchev–Trinajstić information content (AvgIpc) is 1.82. The second-order valence-corrected chi connectivity index (χ2v) is 2.48. The van der Waals surface area contributed by atoms with Crippen molar-refractivity contribution in [2.24, 2.45) is 0 Å². The van der Waals surface area contributed by atoms with Crippen LogP contribution < -0.4 is 0 Å². The maximum atomic E-state index is 10.3. The zero-order chi connectivity index (χ0) is 10.6. The van der Waals surface area contributed by atoms with Crippen LogP contribution in [0.5, 0.6) is 0 Å². The molecule has 0 bridgehead atoms. The minimum atomic E-state index is -2.74. The Morgan fingerprint density at radius 2 is 1.20 bits per heavy atom. The van der Waals surface area contributed by atoms with E-state index < -0.39 is 36.4 Å². The molecular formula is C6H8CoKO7. The molecule has 0 saturated carbocycles. The molecule has 0 aliphatic carbocycles. The summed E-state index contributed by atoms with van der Waals surface area (Å²) in [4.78, 5) is 30.5. The normalized spacial score (nSPS) is 9.40. The summed E-state index contributed by atoms with van der Waals surface area (Å²) in [6.07, 6.45) is -2.29. The summed E-state index contributed by atoms with van der Waals surface area (Å²) in [5, 5.41) is 33.8. The molecule has 0 rings (SSSR count). The summed E-state index contributed by atoms with van der Waals surface area (Å²) < 4.78 is 0. The zero-order valence-corrected chi connectivity index (χ0v) is 11.9. The van der Waals surface area contributed by atoms with Crippen molar-refractivity contribution < 1.29 is 51.6 Å². The monoisotopic (exact) mass is 290 g/mol. The quantitative estimate of drug-likeness (QED) is 0.447. The molecule has 2 radical (unpaired) electrons. The maximum absolute atomic E-state index is 10.3. The van der Waals surface area contributed by atoms with E-state index in [1.165, 1.54) is 0 Å². The molecule has 0 amide bonds. The molecule has 0 aromatic heterocycles. The van der Waals surface area contributed by atoms with Gasteiger partial charge >= 0.3 is 17.9 Å². The van der Waals surface area contributed by atoms with Crippen molar-refractivity contribution in [2.45, 2.75) is 18.4 Å².